The van der Waals surface area contributed by atoms with Crippen LogP contribution < -0.4 is 21.2 Å². The molecular formula is C31H28P2. The van der Waals surface area contributed by atoms with Crippen molar-refractivity contribution in [2.45, 2.75) is 18.2 Å². The van der Waals surface area contributed by atoms with Crippen LogP contribution in [-0.4, -0.2) is 11.3 Å². The van der Waals surface area contributed by atoms with E-state index in [-0.39, 0.29) is 0 Å². The fourth-order valence-electron chi connectivity index (χ4n) is 4.67. The summed E-state index contributed by atoms with van der Waals surface area (Å²) in [6, 6.07) is 44.4. The van der Waals surface area contributed by atoms with E-state index in [4.69, 9.17) is 0 Å². The molecule has 2 atom stereocenters. The first-order chi connectivity index (χ1) is 16.3. The smallest absolute Gasteiger partial charge is 0.0273 e. The molecule has 0 fully saturated rings. The highest BCUT2D eigenvalue weighted by Crippen LogP contribution is 2.52. The number of benzene rings is 4. The Bertz CT molecular complexity index is 1140. The van der Waals surface area contributed by atoms with Crippen molar-refractivity contribution < 1.29 is 0 Å². The fraction of sp³-hybridized carbons (Fsp3) is 0.0968. The summed E-state index contributed by atoms with van der Waals surface area (Å²) >= 11 is 0. The zero-order valence-corrected chi connectivity index (χ0v) is 20.6. The molecule has 4 aromatic carbocycles. The molecule has 0 radical (unpaired) electrons. The lowest BCUT2D eigenvalue weighted by Gasteiger charge is -2.33. The van der Waals surface area contributed by atoms with E-state index in [1.165, 1.54) is 21.2 Å². The van der Waals surface area contributed by atoms with Gasteiger partial charge in [-0.25, -0.2) is 0 Å². The van der Waals surface area contributed by atoms with Gasteiger partial charge in [0.2, 0.25) is 0 Å². The Morgan fingerprint density at radius 1 is 0.545 bits per heavy atom. The maximum absolute atomic E-state index is 2.45. The van der Waals surface area contributed by atoms with Crippen molar-refractivity contribution in [3.05, 3.63) is 145 Å². The van der Waals surface area contributed by atoms with Crippen molar-refractivity contribution in [3.8, 4) is 0 Å². The Balaban J connectivity index is 1.56. The molecule has 33 heavy (non-hydrogen) atoms. The van der Waals surface area contributed by atoms with Gasteiger partial charge in [0.15, 0.2) is 0 Å². The summed E-state index contributed by atoms with van der Waals surface area (Å²) < 4.78 is 0. The molecule has 0 aliphatic heterocycles. The lowest BCUT2D eigenvalue weighted by Crippen LogP contribution is -2.28. The Morgan fingerprint density at radius 2 is 0.939 bits per heavy atom. The van der Waals surface area contributed by atoms with Crippen molar-refractivity contribution in [1.29, 1.82) is 0 Å². The highest BCUT2D eigenvalue weighted by molar-refractivity contribution is 7.75. The number of rotatable bonds is 7. The third-order valence-corrected chi connectivity index (χ3v) is 11.7. The minimum Gasteiger partial charge on any atom is -0.0724 e. The summed E-state index contributed by atoms with van der Waals surface area (Å²) in [5.74, 6) is 0. The van der Waals surface area contributed by atoms with Crippen LogP contribution in [0.15, 0.2) is 145 Å². The Labute approximate surface area is 200 Å². The van der Waals surface area contributed by atoms with Crippen LogP contribution in [0.25, 0.3) is 0 Å². The van der Waals surface area contributed by atoms with E-state index in [9.17, 15) is 0 Å². The highest BCUT2D eigenvalue weighted by atomic mass is 31.1. The number of allylic oxidation sites excluding steroid dienone is 4. The maximum Gasteiger partial charge on any atom is 0.0273 e. The van der Waals surface area contributed by atoms with E-state index in [0.29, 0.717) is 11.3 Å². The van der Waals surface area contributed by atoms with Crippen molar-refractivity contribution >= 4 is 37.1 Å². The molecule has 2 heteroatoms. The molecular weight excluding hydrogens is 434 g/mol. The average Bonchev–Trinajstić information content (AvgIpc) is 3.36. The first kappa shape index (κ1) is 22.0. The summed E-state index contributed by atoms with van der Waals surface area (Å²) in [6.07, 6.45) is 7.14. The normalized spacial score (nSPS) is 16.2. The van der Waals surface area contributed by atoms with E-state index in [2.05, 4.69) is 146 Å². The molecule has 0 saturated heterocycles. The van der Waals surface area contributed by atoms with Crippen molar-refractivity contribution in [3.63, 3.8) is 0 Å². The van der Waals surface area contributed by atoms with Crippen LogP contribution in [0.4, 0.5) is 0 Å². The average molecular weight is 463 g/mol. The third kappa shape index (κ3) is 4.79. The number of hydrogen-bond acceptors (Lipinski definition) is 0. The summed E-state index contributed by atoms with van der Waals surface area (Å²) in [5.41, 5.74) is 2.42. The Kier molecular flexibility index (Phi) is 6.97. The van der Waals surface area contributed by atoms with Gasteiger partial charge in [0.25, 0.3) is 0 Å². The molecule has 1 aliphatic rings. The standard InChI is InChI=1S/C31H28P2/c1-25(32(26-15-6-2-7-16-26)27-17-8-3-9-18-27)30-23-14-24-31(30)33(28-19-10-4-11-20-28)29-21-12-5-13-22-29/h2-25,31H,1H3. The van der Waals surface area contributed by atoms with E-state index < -0.39 is 15.8 Å². The minimum atomic E-state index is -0.531. The molecule has 0 amide bonds. The van der Waals surface area contributed by atoms with E-state index in [1.807, 2.05) is 0 Å². The van der Waals surface area contributed by atoms with Crippen LogP contribution in [0.1, 0.15) is 6.92 Å². The largest absolute Gasteiger partial charge is 0.0724 e. The van der Waals surface area contributed by atoms with Crippen LogP contribution in [0.3, 0.4) is 0 Å². The van der Waals surface area contributed by atoms with Gasteiger partial charge in [-0.05, 0) is 37.1 Å². The van der Waals surface area contributed by atoms with E-state index in [1.54, 1.807) is 5.57 Å². The lowest BCUT2D eigenvalue weighted by molar-refractivity contribution is 1.07. The summed E-state index contributed by atoms with van der Waals surface area (Å²) in [5, 5.41) is 5.78. The molecule has 5 rings (SSSR count). The Hall–Kier alpha value is -2.78. The van der Waals surface area contributed by atoms with Crippen LogP contribution in [0.2, 0.25) is 0 Å². The van der Waals surface area contributed by atoms with Gasteiger partial charge in [0.05, 0.1) is 0 Å². The summed E-state index contributed by atoms with van der Waals surface area (Å²) in [6.45, 7) is 2.45. The maximum atomic E-state index is 2.45. The summed E-state index contributed by atoms with van der Waals surface area (Å²) in [7, 11) is -1.04. The van der Waals surface area contributed by atoms with Crippen molar-refractivity contribution in [1.82, 2.24) is 0 Å². The van der Waals surface area contributed by atoms with Crippen LogP contribution in [0.5, 0.6) is 0 Å². The van der Waals surface area contributed by atoms with Crippen molar-refractivity contribution in [2.24, 2.45) is 0 Å². The van der Waals surface area contributed by atoms with Gasteiger partial charge >= 0.3 is 0 Å². The zero-order valence-electron chi connectivity index (χ0n) is 18.8. The second kappa shape index (κ2) is 10.4. The Morgan fingerprint density at radius 3 is 1.36 bits per heavy atom. The fourth-order valence-corrected chi connectivity index (χ4v) is 10.3. The van der Waals surface area contributed by atoms with Gasteiger partial charge < -0.3 is 0 Å². The SMILES string of the molecule is CC(C1=CC=CC1P(c1ccccc1)c1ccccc1)P(c1ccccc1)c1ccccc1. The molecule has 0 nitrogen and oxygen atoms in total. The minimum absolute atomic E-state index is 0.414. The van der Waals surface area contributed by atoms with Crippen molar-refractivity contribution in [2.75, 3.05) is 0 Å². The molecule has 0 aromatic heterocycles. The topological polar surface area (TPSA) is 0 Å². The molecule has 162 valence electrons. The molecule has 0 spiro atoms. The van der Waals surface area contributed by atoms with Crippen LogP contribution in [-0.2, 0) is 0 Å². The van der Waals surface area contributed by atoms with Gasteiger partial charge in [-0.2, -0.15) is 0 Å². The monoisotopic (exact) mass is 462 g/mol. The van der Waals surface area contributed by atoms with Gasteiger partial charge in [0, 0.05) is 11.3 Å². The molecule has 2 unspecified atom stereocenters. The van der Waals surface area contributed by atoms with Gasteiger partial charge in [-0.15, -0.1) is 0 Å². The number of hydrogen-bond donors (Lipinski definition) is 0. The molecule has 4 aromatic rings. The predicted octanol–water partition coefficient (Wildman–Crippen LogP) is 6.51. The molecule has 0 bridgehead atoms. The quantitative estimate of drug-likeness (QED) is 0.275. The first-order valence-corrected chi connectivity index (χ1v) is 14.3. The predicted molar refractivity (Wildman–Crippen MR) is 149 cm³/mol. The third-order valence-electron chi connectivity index (χ3n) is 6.21. The van der Waals surface area contributed by atoms with Gasteiger partial charge in [0.1, 0.15) is 0 Å². The first-order valence-electron chi connectivity index (χ1n) is 11.5. The van der Waals surface area contributed by atoms with Crippen LogP contribution >= 0.6 is 15.8 Å². The van der Waals surface area contributed by atoms with E-state index in [0.717, 1.165) is 0 Å². The second-order valence-corrected chi connectivity index (χ2v) is 13.1. The summed E-state index contributed by atoms with van der Waals surface area (Å²) in [4.78, 5) is 0. The van der Waals surface area contributed by atoms with E-state index >= 15 is 0 Å². The van der Waals surface area contributed by atoms with Gasteiger partial charge in [-0.3, -0.25) is 0 Å². The molecule has 0 saturated carbocycles. The second-order valence-electron chi connectivity index (χ2n) is 8.25. The molecule has 0 N–H and O–H groups in total. The zero-order chi connectivity index (χ0) is 22.5. The molecule has 0 heterocycles. The van der Waals surface area contributed by atoms with Crippen LogP contribution in [0, 0.1) is 0 Å². The highest BCUT2D eigenvalue weighted by Gasteiger charge is 2.34. The molecule has 1 aliphatic carbocycles. The lowest BCUT2D eigenvalue weighted by atomic mass is 10.2. The van der Waals surface area contributed by atoms with Gasteiger partial charge in [-0.1, -0.05) is 152 Å².